The maximum Gasteiger partial charge on any atom is 0.230 e. The summed E-state index contributed by atoms with van der Waals surface area (Å²) >= 11 is 1.39. The van der Waals surface area contributed by atoms with Crippen molar-refractivity contribution in [2.45, 2.75) is 11.3 Å². The highest BCUT2D eigenvalue weighted by atomic mass is 32.2. The van der Waals surface area contributed by atoms with Gasteiger partial charge in [0, 0.05) is 17.0 Å². The summed E-state index contributed by atoms with van der Waals surface area (Å²) in [6.07, 6.45) is 1.10. The number of hydrogen-bond acceptors (Lipinski definition) is 4. The smallest absolute Gasteiger partial charge is 0.230 e. The molecule has 0 bridgehead atoms. The van der Waals surface area contributed by atoms with Crippen LogP contribution in [-0.4, -0.2) is 24.5 Å². The predicted octanol–water partition coefficient (Wildman–Crippen LogP) is 1.62. The highest BCUT2D eigenvalue weighted by Crippen LogP contribution is 2.17. The zero-order valence-corrected chi connectivity index (χ0v) is 10.00. The Balaban J connectivity index is 2.32. The van der Waals surface area contributed by atoms with Crippen molar-refractivity contribution in [3.63, 3.8) is 0 Å². The number of hydrogen-bond donors (Lipinski definition) is 1. The van der Waals surface area contributed by atoms with E-state index >= 15 is 0 Å². The quantitative estimate of drug-likeness (QED) is 0.472. The monoisotopic (exact) mass is 248 g/mol. The summed E-state index contributed by atoms with van der Waals surface area (Å²) in [5.74, 6) is 0.219. The van der Waals surface area contributed by atoms with Gasteiger partial charge in [0.05, 0.1) is 18.2 Å². The zero-order chi connectivity index (χ0) is 12.5. The van der Waals surface area contributed by atoms with Crippen LogP contribution < -0.4 is 5.32 Å². The highest BCUT2D eigenvalue weighted by Gasteiger charge is 2.02. The Kier molecular flexibility index (Phi) is 5.83. The molecule has 0 unspecified atom stereocenters. The number of benzene rings is 1. The summed E-state index contributed by atoms with van der Waals surface area (Å²) in [6, 6.07) is 8.98. The van der Waals surface area contributed by atoms with Crippen molar-refractivity contribution >= 4 is 24.0 Å². The molecule has 0 aliphatic carbocycles. The topological polar surface area (TPSA) is 70.0 Å². The molecule has 5 heteroatoms. The largest absolute Gasteiger partial charge is 0.354 e. The van der Waals surface area contributed by atoms with Gasteiger partial charge in [-0.1, -0.05) is 12.1 Å². The van der Waals surface area contributed by atoms with Crippen molar-refractivity contribution < 1.29 is 9.59 Å². The van der Waals surface area contributed by atoms with Crippen LogP contribution in [0.3, 0.4) is 0 Å². The maximum absolute atomic E-state index is 11.3. The van der Waals surface area contributed by atoms with Gasteiger partial charge in [-0.25, -0.2) is 0 Å². The molecular formula is C12H12N2O2S. The summed E-state index contributed by atoms with van der Waals surface area (Å²) in [6.45, 7) is 0.389. The SMILES string of the molecule is N#CCCNC(=O)CSc1ccc(C=O)cc1. The lowest BCUT2D eigenvalue weighted by Gasteiger charge is -2.03. The van der Waals surface area contributed by atoms with Gasteiger partial charge in [0.15, 0.2) is 0 Å². The lowest BCUT2D eigenvalue weighted by atomic mass is 10.2. The predicted molar refractivity (Wildman–Crippen MR) is 65.8 cm³/mol. The number of nitrogens with zero attached hydrogens (tertiary/aromatic N) is 1. The van der Waals surface area contributed by atoms with E-state index < -0.39 is 0 Å². The van der Waals surface area contributed by atoms with Gasteiger partial charge >= 0.3 is 0 Å². The summed E-state index contributed by atoms with van der Waals surface area (Å²) in [7, 11) is 0. The average Bonchev–Trinajstić information content (AvgIpc) is 2.37. The molecule has 88 valence electrons. The Bertz CT molecular complexity index is 423. The first kappa shape index (κ1) is 13.3. The molecule has 0 aromatic heterocycles. The summed E-state index contributed by atoms with van der Waals surface area (Å²) in [4.78, 5) is 22.7. The second kappa shape index (κ2) is 7.47. The Labute approximate surface area is 104 Å². The molecule has 0 heterocycles. The molecular weight excluding hydrogens is 236 g/mol. The number of aldehydes is 1. The lowest BCUT2D eigenvalue weighted by molar-refractivity contribution is -0.118. The van der Waals surface area contributed by atoms with Gasteiger partial charge < -0.3 is 5.32 Å². The molecule has 1 rings (SSSR count). The number of thioether (sulfide) groups is 1. The molecule has 1 N–H and O–H groups in total. The van der Waals surface area contributed by atoms with Gasteiger partial charge in [-0.3, -0.25) is 9.59 Å². The standard InChI is InChI=1S/C12H12N2O2S/c13-6-1-7-14-12(16)9-17-11-4-2-10(8-15)3-5-11/h2-5,8H,1,7,9H2,(H,14,16). The minimum Gasteiger partial charge on any atom is -0.354 e. The summed E-state index contributed by atoms with van der Waals surface area (Å²) in [5, 5.41) is 10.9. The van der Waals surface area contributed by atoms with Crippen molar-refractivity contribution in [3.8, 4) is 6.07 Å². The molecule has 0 spiro atoms. The van der Waals surface area contributed by atoms with Crippen LogP contribution in [0.25, 0.3) is 0 Å². The molecule has 4 nitrogen and oxygen atoms in total. The minimum atomic E-state index is -0.0929. The van der Waals surface area contributed by atoms with Gasteiger partial charge in [-0.15, -0.1) is 11.8 Å². The third kappa shape index (κ3) is 5.18. The molecule has 1 aromatic rings. The molecule has 0 aliphatic rings. The van der Waals surface area contributed by atoms with Crippen LogP contribution in [0, 0.1) is 11.3 Å². The van der Waals surface area contributed by atoms with Gasteiger partial charge in [0.1, 0.15) is 6.29 Å². The first-order chi connectivity index (χ1) is 8.26. The Morgan fingerprint density at radius 3 is 2.71 bits per heavy atom. The van der Waals surface area contributed by atoms with Crippen LogP contribution in [-0.2, 0) is 4.79 Å². The van der Waals surface area contributed by atoms with E-state index in [-0.39, 0.29) is 5.91 Å². The number of nitrogens with one attached hydrogen (secondary N) is 1. The fourth-order valence-corrected chi connectivity index (χ4v) is 1.83. The van der Waals surface area contributed by atoms with Crippen LogP contribution in [0.15, 0.2) is 29.2 Å². The van der Waals surface area contributed by atoms with E-state index in [9.17, 15) is 9.59 Å². The van der Waals surface area contributed by atoms with Crippen molar-refractivity contribution in [2.75, 3.05) is 12.3 Å². The average molecular weight is 248 g/mol. The number of amides is 1. The second-order valence-corrected chi connectivity index (χ2v) is 4.28. The highest BCUT2D eigenvalue weighted by molar-refractivity contribution is 8.00. The lowest BCUT2D eigenvalue weighted by Crippen LogP contribution is -2.25. The molecule has 0 saturated heterocycles. The van der Waals surface area contributed by atoms with E-state index in [0.29, 0.717) is 24.3 Å². The molecule has 0 aliphatic heterocycles. The maximum atomic E-state index is 11.3. The molecule has 0 fully saturated rings. The number of rotatable bonds is 6. The van der Waals surface area contributed by atoms with E-state index in [0.717, 1.165) is 11.2 Å². The number of nitriles is 1. The molecule has 0 atom stereocenters. The van der Waals surface area contributed by atoms with Gasteiger partial charge in [0.25, 0.3) is 0 Å². The van der Waals surface area contributed by atoms with E-state index in [1.165, 1.54) is 11.8 Å². The molecule has 17 heavy (non-hydrogen) atoms. The number of carbonyl (C=O) groups is 2. The summed E-state index contributed by atoms with van der Waals surface area (Å²) < 4.78 is 0. The van der Waals surface area contributed by atoms with Crippen LogP contribution in [0.1, 0.15) is 16.8 Å². The third-order valence-corrected chi connectivity index (χ3v) is 2.96. The van der Waals surface area contributed by atoms with Gasteiger partial charge in [-0.2, -0.15) is 5.26 Å². The van der Waals surface area contributed by atoms with Crippen LogP contribution in [0.5, 0.6) is 0 Å². The third-order valence-electron chi connectivity index (χ3n) is 1.95. The van der Waals surface area contributed by atoms with Crippen LogP contribution >= 0.6 is 11.8 Å². The molecule has 1 amide bonds. The Morgan fingerprint density at radius 1 is 1.41 bits per heavy atom. The summed E-state index contributed by atoms with van der Waals surface area (Å²) in [5.41, 5.74) is 0.618. The Morgan fingerprint density at radius 2 is 2.12 bits per heavy atom. The van der Waals surface area contributed by atoms with Crippen molar-refractivity contribution in [3.05, 3.63) is 29.8 Å². The fraction of sp³-hybridized carbons (Fsp3) is 0.250. The zero-order valence-electron chi connectivity index (χ0n) is 9.18. The second-order valence-electron chi connectivity index (χ2n) is 3.23. The van der Waals surface area contributed by atoms with E-state index in [1.807, 2.05) is 6.07 Å². The molecule has 0 saturated carbocycles. The van der Waals surface area contributed by atoms with Gasteiger partial charge in [0.2, 0.25) is 5.91 Å². The van der Waals surface area contributed by atoms with Crippen molar-refractivity contribution in [2.24, 2.45) is 0 Å². The van der Waals surface area contributed by atoms with Crippen molar-refractivity contribution in [1.82, 2.24) is 5.32 Å². The van der Waals surface area contributed by atoms with Crippen LogP contribution in [0.4, 0.5) is 0 Å². The minimum absolute atomic E-state index is 0.0929. The fourth-order valence-electron chi connectivity index (χ4n) is 1.10. The number of carbonyl (C=O) groups excluding carboxylic acids is 2. The van der Waals surface area contributed by atoms with Crippen LogP contribution in [0.2, 0.25) is 0 Å². The molecule has 1 aromatic carbocycles. The van der Waals surface area contributed by atoms with E-state index in [2.05, 4.69) is 5.32 Å². The normalized spacial score (nSPS) is 9.35. The first-order valence-corrected chi connectivity index (χ1v) is 6.06. The van der Waals surface area contributed by atoms with Gasteiger partial charge in [-0.05, 0) is 12.1 Å². The Hall–Kier alpha value is -1.80. The van der Waals surface area contributed by atoms with E-state index in [1.54, 1.807) is 24.3 Å². The van der Waals surface area contributed by atoms with Crippen molar-refractivity contribution in [1.29, 1.82) is 5.26 Å². The molecule has 0 radical (unpaired) electrons. The first-order valence-electron chi connectivity index (χ1n) is 5.08. The van der Waals surface area contributed by atoms with E-state index in [4.69, 9.17) is 5.26 Å².